The van der Waals surface area contributed by atoms with E-state index in [1.807, 2.05) is 0 Å². The zero-order valence-corrected chi connectivity index (χ0v) is 8.67. The topological polar surface area (TPSA) is 43.4 Å². The van der Waals surface area contributed by atoms with Gasteiger partial charge < -0.3 is 9.22 Å². The third-order valence-electron chi connectivity index (χ3n) is 0.287. The molecule has 13 heavy (non-hydrogen) atoms. The molecule has 0 aliphatic heterocycles. The Hall–Kier alpha value is 0.1000. The fourth-order valence-electron chi connectivity index (χ4n) is 0.202. The molecule has 0 aromatic heterocycles. The van der Waals surface area contributed by atoms with Crippen LogP contribution in [0.3, 0.4) is 0 Å². The molecule has 5 heteroatoms. The number of ether oxygens (including phenoxy) is 1. The quantitative estimate of drug-likeness (QED) is 0.235. The predicted molar refractivity (Wildman–Crippen MR) is 53.6 cm³/mol. The Morgan fingerprint density at radius 2 is 1.08 bits per heavy atom. The first-order chi connectivity index (χ1) is 5.13. The van der Waals surface area contributed by atoms with Gasteiger partial charge in [-0.25, -0.2) is 0 Å². The summed E-state index contributed by atoms with van der Waals surface area (Å²) in [5, 5.41) is 0. The zero-order chi connectivity index (χ0) is 10.4. The molecule has 0 aliphatic rings. The number of carbonyl (C=O) groups excluding carboxylic acids is 2. The van der Waals surface area contributed by atoms with Crippen LogP contribution in [0, 0.1) is 0 Å². The molecular formula is C8H19NNaO3+. The molecule has 0 heterocycles. The normalized spacial score (nSPS) is 8.77. The van der Waals surface area contributed by atoms with Gasteiger partial charge in [-0.05, 0) is 0 Å². The molecule has 0 N–H and O–H groups in total. The molecule has 0 fully saturated rings. The van der Waals surface area contributed by atoms with E-state index in [0.717, 1.165) is 4.48 Å². The van der Waals surface area contributed by atoms with Crippen molar-refractivity contribution in [2.24, 2.45) is 0 Å². The van der Waals surface area contributed by atoms with Crippen LogP contribution in [-0.4, -0.2) is 74.2 Å². The van der Waals surface area contributed by atoms with E-state index >= 15 is 0 Å². The number of nitrogens with zero attached hydrogens (tertiary/aromatic N) is 1. The zero-order valence-electron chi connectivity index (χ0n) is 8.67. The minimum absolute atomic E-state index is 0. The summed E-state index contributed by atoms with van der Waals surface area (Å²) in [4.78, 5) is 19.6. The summed E-state index contributed by atoms with van der Waals surface area (Å²) in [7, 11) is 8.50. The Kier molecular flexibility index (Phi) is 12.6. The molecule has 0 aliphatic carbocycles. The standard InChI is InChI=1S/C4H12N.C4H6O3.Na.H/c1-5(2,3)4;1-3(5)7-4(2)6;;/h1-4H3;1-2H3;;/q+1;;;. The van der Waals surface area contributed by atoms with Crippen molar-refractivity contribution in [3.05, 3.63) is 0 Å². The van der Waals surface area contributed by atoms with Crippen LogP contribution in [0.1, 0.15) is 13.8 Å². The number of quaternary nitrogens is 1. The van der Waals surface area contributed by atoms with Crippen molar-refractivity contribution in [1.82, 2.24) is 0 Å². The van der Waals surface area contributed by atoms with Gasteiger partial charge in [0.05, 0.1) is 28.2 Å². The van der Waals surface area contributed by atoms with E-state index in [9.17, 15) is 9.59 Å². The van der Waals surface area contributed by atoms with Gasteiger partial charge in [0.1, 0.15) is 0 Å². The number of esters is 2. The molecule has 74 valence electrons. The van der Waals surface area contributed by atoms with Crippen LogP contribution >= 0.6 is 0 Å². The molecule has 0 aromatic rings. The van der Waals surface area contributed by atoms with Crippen molar-refractivity contribution < 1.29 is 18.8 Å². The van der Waals surface area contributed by atoms with Crippen LogP contribution in [0.25, 0.3) is 0 Å². The first kappa shape index (κ1) is 18.8. The van der Waals surface area contributed by atoms with Crippen LogP contribution in [0.4, 0.5) is 0 Å². The molecule has 0 spiro atoms. The number of carbonyl (C=O) groups is 2. The molecule has 0 rings (SSSR count). The van der Waals surface area contributed by atoms with Gasteiger partial charge in [-0.3, -0.25) is 9.59 Å². The van der Waals surface area contributed by atoms with Crippen molar-refractivity contribution in [2.45, 2.75) is 13.8 Å². The molecule has 0 saturated carbocycles. The second-order valence-corrected chi connectivity index (χ2v) is 3.77. The molecule has 0 atom stereocenters. The van der Waals surface area contributed by atoms with E-state index in [1.54, 1.807) is 0 Å². The Morgan fingerprint density at radius 3 is 1.08 bits per heavy atom. The molecule has 4 nitrogen and oxygen atoms in total. The Bertz CT molecular complexity index is 145. The Balaban J connectivity index is -0.000000150. The van der Waals surface area contributed by atoms with Gasteiger partial charge in [0.15, 0.2) is 0 Å². The van der Waals surface area contributed by atoms with E-state index < -0.39 is 11.9 Å². The van der Waals surface area contributed by atoms with Gasteiger partial charge >= 0.3 is 41.5 Å². The van der Waals surface area contributed by atoms with Gasteiger partial charge in [-0.1, -0.05) is 0 Å². The second-order valence-electron chi connectivity index (χ2n) is 3.77. The van der Waals surface area contributed by atoms with Crippen molar-refractivity contribution >= 4 is 41.5 Å². The molecule has 0 saturated heterocycles. The Morgan fingerprint density at radius 1 is 0.923 bits per heavy atom. The van der Waals surface area contributed by atoms with Gasteiger partial charge in [0, 0.05) is 13.8 Å². The first-order valence-corrected chi connectivity index (χ1v) is 3.61. The number of hydrogen-bond donors (Lipinski definition) is 0. The number of rotatable bonds is 0. The summed E-state index contributed by atoms with van der Waals surface area (Å²) in [5.41, 5.74) is 0. The summed E-state index contributed by atoms with van der Waals surface area (Å²) < 4.78 is 4.97. The van der Waals surface area contributed by atoms with Crippen molar-refractivity contribution in [3.8, 4) is 0 Å². The Labute approximate surface area is 102 Å². The summed E-state index contributed by atoms with van der Waals surface area (Å²) in [6.45, 7) is 2.36. The van der Waals surface area contributed by atoms with Crippen LogP contribution in [0.5, 0.6) is 0 Å². The van der Waals surface area contributed by atoms with Crippen LogP contribution in [-0.2, 0) is 14.3 Å². The van der Waals surface area contributed by atoms with Gasteiger partial charge in [0.25, 0.3) is 0 Å². The average Bonchev–Trinajstić information content (AvgIpc) is 1.52. The van der Waals surface area contributed by atoms with E-state index in [2.05, 4.69) is 32.9 Å². The van der Waals surface area contributed by atoms with Crippen molar-refractivity contribution in [2.75, 3.05) is 28.2 Å². The molecule has 0 radical (unpaired) electrons. The molecule has 0 aromatic carbocycles. The van der Waals surface area contributed by atoms with Crippen LogP contribution in [0.15, 0.2) is 0 Å². The van der Waals surface area contributed by atoms with Crippen molar-refractivity contribution in [3.63, 3.8) is 0 Å². The SMILES string of the molecule is CC(=O)OC(C)=O.C[N+](C)(C)C.[NaH]. The van der Waals surface area contributed by atoms with E-state index in [0.29, 0.717) is 0 Å². The summed E-state index contributed by atoms with van der Waals surface area (Å²) in [6, 6.07) is 0. The molecule has 0 unspecified atom stereocenters. The van der Waals surface area contributed by atoms with E-state index in [1.165, 1.54) is 13.8 Å². The monoisotopic (exact) mass is 200 g/mol. The van der Waals surface area contributed by atoms with Crippen LogP contribution < -0.4 is 0 Å². The summed E-state index contributed by atoms with van der Waals surface area (Å²) in [5.74, 6) is -1.12. The summed E-state index contributed by atoms with van der Waals surface area (Å²) in [6.07, 6.45) is 0. The maximum absolute atomic E-state index is 9.81. The van der Waals surface area contributed by atoms with Gasteiger partial charge in [-0.2, -0.15) is 0 Å². The predicted octanol–water partition coefficient (Wildman–Crippen LogP) is -0.230. The number of hydrogen-bond acceptors (Lipinski definition) is 3. The van der Waals surface area contributed by atoms with Gasteiger partial charge in [-0.15, -0.1) is 0 Å². The fourth-order valence-corrected chi connectivity index (χ4v) is 0.202. The second kappa shape index (κ2) is 8.69. The molecule has 0 bridgehead atoms. The third-order valence-corrected chi connectivity index (χ3v) is 0.287. The maximum atomic E-state index is 9.81. The first-order valence-electron chi connectivity index (χ1n) is 3.61. The average molecular weight is 200 g/mol. The molecule has 0 amide bonds. The molecular weight excluding hydrogens is 181 g/mol. The fraction of sp³-hybridized carbons (Fsp3) is 0.750. The summed E-state index contributed by atoms with van der Waals surface area (Å²) >= 11 is 0. The van der Waals surface area contributed by atoms with E-state index in [4.69, 9.17) is 0 Å². The van der Waals surface area contributed by atoms with E-state index in [-0.39, 0.29) is 29.6 Å². The minimum atomic E-state index is -0.562. The van der Waals surface area contributed by atoms with Crippen LogP contribution in [0.2, 0.25) is 0 Å². The van der Waals surface area contributed by atoms with Gasteiger partial charge in [0.2, 0.25) is 0 Å². The van der Waals surface area contributed by atoms with Crippen molar-refractivity contribution in [1.29, 1.82) is 0 Å². The third kappa shape index (κ3) is 73.4.